The van der Waals surface area contributed by atoms with Crippen molar-refractivity contribution in [1.82, 2.24) is 18.8 Å². The van der Waals surface area contributed by atoms with Crippen LogP contribution in [0.15, 0.2) is 35.7 Å². The molecule has 0 unspecified atom stereocenters. The van der Waals surface area contributed by atoms with Crippen molar-refractivity contribution in [3.05, 3.63) is 36.3 Å². The van der Waals surface area contributed by atoms with E-state index in [0.717, 1.165) is 10.6 Å². The van der Waals surface area contributed by atoms with Gasteiger partial charge in [-0.1, -0.05) is 6.92 Å². The van der Waals surface area contributed by atoms with E-state index >= 15 is 0 Å². The topological polar surface area (TPSA) is 151 Å². The highest BCUT2D eigenvalue weighted by Gasteiger charge is 2.34. The molecule has 0 radical (unpaired) electrons. The number of aromatic nitrogens is 2. The molecule has 200 valence electrons. The lowest BCUT2D eigenvalue weighted by molar-refractivity contribution is -0.134. The molecule has 2 aromatic rings. The fraction of sp³-hybridized carbons (Fsp3) is 0.545. The van der Waals surface area contributed by atoms with Gasteiger partial charge >= 0.3 is 0 Å². The number of nitrogens with zero attached hydrogens (tertiary/aromatic N) is 4. The Hall–Kier alpha value is -2.68. The van der Waals surface area contributed by atoms with E-state index in [4.69, 9.17) is 4.74 Å². The van der Waals surface area contributed by atoms with Gasteiger partial charge in [0.15, 0.2) is 5.03 Å². The number of nitrogens with one attached hydrogen (secondary N) is 1. The number of ether oxygens (including phenoxy) is 1. The molecule has 0 saturated carbocycles. The van der Waals surface area contributed by atoms with Crippen LogP contribution in [-0.2, 0) is 38.3 Å². The molecule has 2 heterocycles. The van der Waals surface area contributed by atoms with E-state index in [9.17, 15) is 26.7 Å². The van der Waals surface area contributed by atoms with Gasteiger partial charge in [-0.15, -0.1) is 0 Å². The molecule has 0 saturated heterocycles. The summed E-state index contributed by atoms with van der Waals surface area (Å²) >= 11 is 0. The number of hydrogen-bond acceptors (Lipinski definition) is 8. The Morgan fingerprint density at radius 3 is 2.58 bits per heavy atom. The highest BCUT2D eigenvalue weighted by atomic mass is 32.2. The third kappa shape index (κ3) is 6.55. The Morgan fingerprint density at radius 1 is 1.31 bits per heavy atom. The number of likely N-dealkylation sites (N-methyl/N-ethyl adjacent to an activating group) is 1. The lowest BCUT2D eigenvalue weighted by Crippen LogP contribution is -2.48. The van der Waals surface area contributed by atoms with E-state index in [0.29, 0.717) is 11.3 Å². The first-order valence-electron chi connectivity index (χ1n) is 11.3. The SMILES string of the molecule is C[C@@H]1CN([C@@H](C)CO)C(=O)Cc2cc(NS(C)(=O)=O)ccc2O[C@H]1CN(C)S(=O)(=O)c1cn(C)cn1. The molecular weight excluding hydrogens is 510 g/mol. The minimum absolute atomic E-state index is 0.0294. The second-order valence-electron chi connectivity index (χ2n) is 9.25. The van der Waals surface area contributed by atoms with Crippen LogP contribution >= 0.6 is 0 Å². The highest BCUT2D eigenvalue weighted by molar-refractivity contribution is 7.92. The summed E-state index contributed by atoms with van der Waals surface area (Å²) in [7, 11) is -4.33. The fourth-order valence-electron chi connectivity index (χ4n) is 3.96. The molecule has 0 fully saturated rings. The normalized spacial score (nSPS) is 20.2. The van der Waals surface area contributed by atoms with Gasteiger partial charge in [-0.25, -0.2) is 21.8 Å². The number of anilines is 1. The van der Waals surface area contributed by atoms with Crippen molar-refractivity contribution in [2.75, 3.05) is 37.7 Å². The molecule has 0 bridgehead atoms. The van der Waals surface area contributed by atoms with Crippen LogP contribution in [0.25, 0.3) is 0 Å². The summed E-state index contributed by atoms with van der Waals surface area (Å²) in [6.07, 6.45) is 3.09. The average molecular weight is 544 g/mol. The van der Waals surface area contributed by atoms with Gasteiger partial charge in [-0.3, -0.25) is 9.52 Å². The van der Waals surface area contributed by atoms with Crippen molar-refractivity contribution in [2.45, 2.75) is 37.4 Å². The van der Waals surface area contributed by atoms with E-state index in [2.05, 4.69) is 9.71 Å². The van der Waals surface area contributed by atoms with Crippen LogP contribution in [0.2, 0.25) is 0 Å². The van der Waals surface area contributed by atoms with Gasteiger partial charge in [0.25, 0.3) is 10.0 Å². The van der Waals surface area contributed by atoms with Crippen molar-refractivity contribution in [2.24, 2.45) is 13.0 Å². The molecule has 3 atom stereocenters. The Bertz CT molecular complexity index is 1310. The monoisotopic (exact) mass is 543 g/mol. The molecule has 0 aliphatic carbocycles. The second kappa shape index (κ2) is 10.7. The van der Waals surface area contributed by atoms with Gasteiger partial charge in [-0.05, 0) is 25.1 Å². The zero-order valence-corrected chi connectivity index (χ0v) is 22.6. The number of fused-ring (bicyclic) bond motifs is 1. The zero-order valence-electron chi connectivity index (χ0n) is 20.9. The van der Waals surface area contributed by atoms with Crippen LogP contribution in [-0.4, -0.2) is 91.8 Å². The Labute approximate surface area is 212 Å². The summed E-state index contributed by atoms with van der Waals surface area (Å²) in [6.45, 7) is 3.52. The van der Waals surface area contributed by atoms with E-state index in [1.807, 2.05) is 6.92 Å². The number of benzene rings is 1. The standard InChI is InChI=1S/C22H33N5O7S2/c1-15-10-27(16(2)13-28)22(29)9-17-8-18(24-35(5,30)31)6-7-19(17)34-20(15)11-26(4)36(32,33)21-12-25(3)14-23-21/h6-8,12,14-16,20,24,28H,9-11,13H2,1-5H3/t15-,16+,20+/m1/s1. The third-order valence-electron chi connectivity index (χ3n) is 6.01. The average Bonchev–Trinajstić information content (AvgIpc) is 3.24. The van der Waals surface area contributed by atoms with Gasteiger partial charge in [0.1, 0.15) is 11.9 Å². The largest absolute Gasteiger partial charge is 0.488 e. The van der Waals surface area contributed by atoms with Crippen molar-refractivity contribution < 1.29 is 31.5 Å². The molecule has 2 N–H and O–H groups in total. The number of carbonyl (C=O) groups is 1. The molecule has 1 aromatic heterocycles. The molecule has 36 heavy (non-hydrogen) atoms. The lowest BCUT2D eigenvalue weighted by atomic mass is 10.0. The van der Waals surface area contributed by atoms with Crippen LogP contribution in [0.4, 0.5) is 5.69 Å². The summed E-state index contributed by atoms with van der Waals surface area (Å²) in [4.78, 5) is 18.7. The fourth-order valence-corrected chi connectivity index (χ4v) is 5.66. The van der Waals surface area contributed by atoms with E-state index in [1.165, 1.54) is 36.3 Å². The number of aliphatic hydroxyl groups is 1. The van der Waals surface area contributed by atoms with E-state index in [-0.39, 0.29) is 48.7 Å². The van der Waals surface area contributed by atoms with Crippen molar-refractivity contribution in [3.63, 3.8) is 0 Å². The van der Waals surface area contributed by atoms with Gasteiger partial charge < -0.3 is 19.3 Å². The molecule has 1 aliphatic rings. The summed E-state index contributed by atoms with van der Waals surface area (Å²) < 4.78 is 60.9. The predicted molar refractivity (Wildman–Crippen MR) is 133 cm³/mol. The Kier molecular flexibility index (Phi) is 8.33. The van der Waals surface area contributed by atoms with Gasteiger partial charge in [0.2, 0.25) is 15.9 Å². The number of carbonyl (C=O) groups excluding carboxylic acids is 1. The van der Waals surface area contributed by atoms with Gasteiger partial charge in [-0.2, -0.15) is 4.31 Å². The first kappa shape index (κ1) is 27.9. The predicted octanol–water partition coefficient (Wildman–Crippen LogP) is 0.261. The van der Waals surface area contributed by atoms with Gasteiger partial charge in [0, 0.05) is 44.0 Å². The Balaban J connectivity index is 1.99. The van der Waals surface area contributed by atoms with Crippen molar-refractivity contribution >= 4 is 31.6 Å². The Morgan fingerprint density at radius 2 is 2.00 bits per heavy atom. The minimum atomic E-state index is -3.90. The first-order chi connectivity index (χ1) is 16.7. The summed E-state index contributed by atoms with van der Waals surface area (Å²) in [6, 6.07) is 4.13. The molecule has 0 spiro atoms. The number of rotatable bonds is 8. The minimum Gasteiger partial charge on any atom is -0.488 e. The molecule has 14 heteroatoms. The third-order valence-corrected chi connectivity index (χ3v) is 8.33. The van der Waals surface area contributed by atoms with Crippen LogP contribution in [0.3, 0.4) is 0 Å². The number of hydrogen-bond donors (Lipinski definition) is 2. The van der Waals surface area contributed by atoms with Crippen LogP contribution in [0, 0.1) is 5.92 Å². The van der Waals surface area contributed by atoms with Crippen molar-refractivity contribution in [1.29, 1.82) is 0 Å². The number of aliphatic hydroxyl groups excluding tert-OH is 1. The molecule has 3 rings (SSSR count). The van der Waals surface area contributed by atoms with Crippen LogP contribution in [0.5, 0.6) is 5.75 Å². The van der Waals surface area contributed by atoms with E-state index in [1.54, 1.807) is 24.9 Å². The van der Waals surface area contributed by atoms with Crippen molar-refractivity contribution in [3.8, 4) is 5.75 Å². The molecular formula is C22H33N5O7S2. The van der Waals surface area contributed by atoms with Crippen LogP contribution in [0.1, 0.15) is 19.4 Å². The molecule has 1 amide bonds. The molecule has 1 aromatic carbocycles. The highest BCUT2D eigenvalue weighted by Crippen LogP contribution is 2.30. The van der Waals surface area contributed by atoms with E-state index < -0.39 is 32.2 Å². The number of aryl methyl sites for hydroxylation is 1. The van der Waals surface area contributed by atoms with Crippen LogP contribution < -0.4 is 9.46 Å². The van der Waals surface area contributed by atoms with Gasteiger partial charge in [0.05, 0.1) is 38.2 Å². The molecule has 12 nitrogen and oxygen atoms in total. The quantitative estimate of drug-likeness (QED) is 0.481. The maximum Gasteiger partial charge on any atom is 0.261 e. The molecule has 1 aliphatic heterocycles. The second-order valence-corrected chi connectivity index (χ2v) is 13.0. The summed E-state index contributed by atoms with van der Waals surface area (Å²) in [5.41, 5.74) is 0.714. The maximum atomic E-state index is 13.2. The smallest absolute Gasteiger partial charge is 0.261 e. The first-order valence-corrected chi connectivity index (χ1v) is 14.7. The number of sulfonamides is 2. The summed E-state index contributed by atoms with van der Waals surface area (Å²) in [5.74, 6) is -0.231. The lowest BCUT2D eigenvalue weighted by Gasteiger charge is -2.33. The maximum absolute atomic E-state index is 13.2. The number of imidazole rings is 1. The number of amides is 1. The zero-order chi connectivity index (χ0) is 26.8. The summed E-state index contributed by atoms with van der Waals surface area (Å²) in [5, 5.41) is 9.65.